The predicted molar refractivity (Wildman–Crippen MR) is 63.5 cm³/mol. The fourth-order valence-electron chi connectivity index (χ4n) is 2.38. The molecule has 0 spiro atoms. The Morgan fingerprint density at radius 3 is 2.50 bits per heavy atom. The summed E-state index contributed by atoms with van der Waals surface area (Å²) in [5, 5.41) is 0. The van der Waals surface area contributed by atoms with E-state index in [1.54, 1.807) is 0 Å². The van der Waals surface area contributed by atoms with Crippen LogP contribution in [-0.4, -0.2) is 24.5 Å². The largest absolute Gasteiger partial charge is 0.303 e. The van der Waals surface area contributed by atoms with Crippen LogP contribution in [0.2, 0.25) is 0 Å². The molecule has 0 radical (unpaired) electrons. The van der Waals surface area contributed by atoms with E-state index in [1.165, 1.54) is 38.6 Å². The van der Waals surface area contributed by atoms with E-state index in [0.29, 0.717) is 0 Å². The summed E-state index contributed by atoms with van der Waals surface area (Å²) in [6.07, 6.45) is 7.03. The van der Waals surface area contributed by atoms with Crippen molar-refractivity contribution in [3.05, 3.63) is 0 Å². The molecule has 3 atom stereocenters. The van der Waals surface area contributed by atoms with Gasteiger partial charge in [0.15, 0.2) is 0 Å². The van der Waals surface area contributed by atoms with Crippen molar-refractivity contribution < 1.29 is 0 Å². The molecule has 1 saturated carbocycles. The molecule has 1 fully saturated rings. The van der Waals surface area contributed by atoms with Gasteiger partial charge in [-0.05, 0) is 31.7 Å². The van der Waals surface area contributed by atoms with Crippen LogP contribution in [-0.2, 0) is 0 Å². The number of nitrogens with zero attached hydrogens (tertiary/aromatic N) is 1. The normalized spacial score (nSPS) is 28.1. The molecular formula is C13H27N. The van der Waals surface area contributed by atoms with Gasteiger partial charge in [-0.15, -0.1) is 0 Å². The van der Waals surface area contributed by atoms with Crippen molar-refractivity contribution in [3.63, 3.8) is 0 Å². The second kappa shape index (κ2) is 5.75. The van der Waals surface area contributed by atoms with Gasteiger partial charge in [-0.1, -0.05) is 40.0 Å². The first-order valence-corrected chi connectivity index (χ1v) is 6.35. The number of hydrogen-bond acceptors (Lipinski definition) is 1. The molecule has 0 aromatic heterocycles. The molecule has 0 heterocycles. The van der Waals surface area contributed by atoms with Crippen LogP contribution in [0, 0.1) is 11.8 Å². The molecule has 1 aliphatic carbocycles. The summed E-state index contributed by atoms with van der Waals surface area (Å²) in [4.78, 5) is 2.57. The van der Waals surface area contributed by atoms with Crippen molar-refractivity contribution >= 4 is 0 Å². The van der Waals surface area contributed by atoms with Crippen molar-refractivity contribution in [1.82, 2.24) is 4.90 Å². The van der Waals surface area contributed by atoms with Gasteiger partial charge >= 0.3 is 0 Å². The van der Waals surface area contributed by atoms with Crippen LogP contribution in [0.4, 0.5) is 0 Å². The molecule has 0 aromatic carbocycles. The topological polar surface area (TPSA) is 3.24 Å². The smallest absolute Gasteiger partial charge is 0.0122 e. The molecule has 0 aromatic rings. The Morgan fingerprint density at radius 2 is 2.00 bits per heavy atom. The van der Waals surface area contributed by atoms with Gasteiger partial charge in [0.2, 0.25) is 0 Å². The van der Waals surface area contributed by atoms with E-state index in [2.05, 4.69) is 32.7 Å². The Kier molecular flexibility index (Phi) is 4.94. The van der Waals surface area contributed by atoms with Crippen molar-refractivity contribution in [1.29, 1.82) is 0 Å². The summed E-state index contributed by atoms with van der Waals surface area (Å²) in [5.74, 6) is 1.85. The molecule has 1 heteroatoms. The molecular weight excluding hydrogens is 170 g/mol. The van der Waals surface area contributed by atoms with Crippen molar-refractivity contribution in [2.75, 3.05) is 13.6 Å². The van der Waals surface area contributed by atoms with Crippen LogP contribution < -0.4 is 0 Å². The van der Waals surface area contributed by atoms with Gasteiger partial charge in [0.1, 0.15) is 0 Å². The summed E-state index contributed by atoms with van der Waals surface area (Å²) in [7, 11) is 2.30. The summed E-state index contributed by atoms with van der Waals surface area (Å²) in [6.45, 7) is 8.35. The van der Waals surface area contributed by atoms with Gasteiger partial charge < -0.3 is 4.90 Å². The van der Waals surface area contributed by atoms with Crippen LogP contribution in [0.1, 0.15) is 52.9 Å². The monoisotopic (exact) mass is 197 g/mol. The van der Waals surface area contributed by atoms with E-state index in [0.717, 1.165) is 17.9 Å². The SMILES string of the molecule is CCCCC[C@@H](C)CN(C)C1CC1C. The van der Waals surface area contributed by atoms with Crippen LogP contribution >= 0.6 is 0 Å². The van der Waals surface area contributed by atoms with Crippen molar-refractivity contribution in [2.45, 2.75) is 58.9 Å². The highest BCUT2D eigenvalue weighted by Crippen LogP contribution is 2.34. The summed E-state index contributed by atoms with van der Waals surface area (Å²) < 4.78 is 0. The third kappa shape index (κ3) is 4.00. The maximum absolute atomic E-state index is 2.57. The van der Waals surface area contributed by atoms with Gasteiger partial charge in [0.05, 0.1) is 0 Å². The Labute approximate surface area is 89.9 Å². The molecule has 2 unspecified atom stereocenters. The Balaban J connectivity index is 2.04. The van der Waals surface area contributed by atoms with E-state index in [4.69, 9.17) is 0 Å². The molecule has 0 aliphatic heterocycles. The lowest BCUT2D eigenvalue weighted by atomic mass is 10.0. The van der Waals surface area contributed by atoms with Crippen molar-refractivity contribution in [3.8, 4) is 0 Å². The van der Waals surface area contributed by atoms with Crippen LogP contribution in [0.5, 0.6) is 0 Å². The highest BCUT2D eigenvalue weighted by atomic mass is 15.2. The first-order chi connectivity index (χ1) is 6.65. The maximum Gasteiger partial charge on any atom is 0.0122 e. The van der Waals surface area contributed by atoms with Gasteiger partial charge in [-0.25, -0.2) is 0 Å². The number of unbranched alkanes of at least 4 members (excludes halogenated alkanes) is 2. The molecule has 84 valence electrons. The minimum Gasteiger partial charge on any atom is -0.303 e. The minimum atomic E-state index is 0.888. The third-order valence-electron chi connectivity index (χ3n) is 3.53. The van der Waals surface area contributed by atoms with E-state index >= 15 is 0 Å². The van der Waals surface area contributed by atoms with Gasteiger partial charge in [0.25, 0.3) is 0 Å². The predicted octanol–water partition coefficient (Wildman–Crippen LogP) is 3.54. The lowest BCUT2D eigenvalue weighted by Crippen LogP contribution is -2.27. The standard InChI is InChI=1S/C13H27N/c1-5-6-7-8-11(2)10-14(4)13-9-12(13)3/h11-13H,5-10H2,1-4H3/t11-,12?,13?/m1/s1. The summed E-state index contributed by atoms with van der Waals surface area (Å²) in [6, 6.07) is 0.906. The minimum absolute atomic E-state index is 0.888. The van der Waals surface area contributed by atoms with Crippen LogP contribution in [0.25, 0.3) is 0 Å². The second-order valence-electron chi connectivity index (χ2n) is 5.32. The molecule has 1 aliphatic rings. The number of rotatable bonds is 7. The summed E-state index contributed by atoms with van der Waals surface area (Å²) in [5.41, 5.74) is 0. The maximum atomic E-state index is 2.57. The molecule has 0 N–H and O–H groups in total. The lowest BCUT2D eigenvalue weighted by Gasteiger charge is -2.21. The highest BCUT2D eigenvalue weighted by molar-refractivity contribution is 4.90. The van der Waals surface area contributed by atoms with E-state index in [1.807, 2.05) is 0 Å². The van der Waals surface area contributed by atoms with Gasteiger partial charge in [-0.2, -0.15) is 0 Å². The fraction of sp³-hybridized carbons (Fsp3) is 1.00. The molecule has 1 nitrogen and oxygen atoms in total. The first-order valence-electron chi connectivity index (χ1n) is 6.35. The molecule has 0 amide bonds. The molecule has 0 saturated heterocycles. The van der Waals surface area contributed by atoms with Crippen LogP contribution in [0.15, 0.2) is 0 Å². The number of hydrogen-bond donors (Lipinski definition) is 0. The van der Waals surface area contributed by atoms with E-state index < -0.39 is 0 Å². The molecule has 1 rings (SSSR count). The van der Waals surface area contributed by atoms with Gasteiger partial charge in [0, 0.05) is 12.6 Å². The first kappa shape index (κ1) is 12.0. The zero-order chi connectivity index (χ0) is 10.6. The zero-order valence-corrected chi connectivity index (χ0v) is 10.4. The van der Waals surface area contributed by atoms with Gasteiger partial charge in [-0.3, -0.25) is 0 Å². The highest BCUT2D eigenvalue weighted by Gasteiger charge is 2.36. The van der Waals surface area contributed by atoms with Crippen molar-refractivity contribution in [2.24, 2.45) is 11.8 Å². The Hall–Kier alpha value is -0.0400. The second-order valence-corrected chi connectivity index (χ2v) is 5.32. The Morgan fingerprint density at radius 1 is 1.36 bits per heavy atom. The molecule has 14 heavy (non-hydrogen) atoms. The van der Waals surface area contributed by atoms with E-state index in [9.17, 15) is 0 Å². The molecule has 0 bridgehead atoms. The summed E-state index contributed by atoms with van der Waals surface area (Å²) >= 11 is 0. The zero-order valence-electron chi connectivity index (χ0n) is 10.4. The third-order valence-corrected chi connectivity index (χ3v) is 3.53. The fourth-order valence-corrected chi connectivity index (χ4v) is 2.38. The lowest BCUT2D eigenvalue weighted by molar-refractivity contribution is 0.258. The Bertz CT molecular complexity index is 155. The van der Waals surface area contributed by atoms with Crippen LogP contribution in [0.3, 0.4) is 0 Å². The van der Waals surface area contributed by atoms with E-state index in [-0.39, 0.29) is 0 Å². The quantitative estimate of drug-likeness (QED) is 0.564. The average Bonchev–Trinajstić information content (AvgIpc) is 2.83. The average molecular weight is 197 g/mol.